The summed E-state index contributed by atoms with van der Waals surface area (Å²) in [4.78, 5) is 0. The zero-order valence-corrected chi connectivity index (χ0v) is 13.2. The minimum Gasteiger partial charge on any atom is -0.355 e. The van der Waals surface area contributed by atoms with E-state index in [-0.39, 0.29) is 0 Å². The molecule has 1 aliphatic heterocycles. The fourth-order valence-electron chi connectivity index (χ4n) is 2.94. The van der Waals surface area contributed by atoms with Crippen molar-refractivity contribution in [3.63, 3.8) is 0 Å². The first-order chi connectivity index (χ1) is 10.2. The highest BCUT2D eigenvalue weighted by atomic mass is 79.9. The van der Waals surface area contributed by atoms with E-state index in [9.17, 15) is 0 Å². The van der Waals surface area contributed by atoms with Gasteiger partial charge >= 0.3 is 0 Å². The fraction of sp³-hybridized carbons (Fsp3) is 0. The molecule has 4 rings (SSSR count). The van der Waals surface area contributed by atoms with Crippen molar-refractivity contribution < 1.29 is 0 Å². The van der Waals surface area contributed by atoms with E-state index in [1.54, 1.807) is 0 Å². The maximum atomic E-state index is 3.59. The number of nitrogens with one attached hydrogen (secondary N) is 1. The van der Waals surface area contributed by atoms with Crippen molar-refractivity contribution in [2.45, 2.75) is 0 Å². The lowest BCUT2D eigenvalue weighted by Crippen LogP contribution is -2.03. The first-order valence-electron chi connectivity index (χ1n) is 6.99. The van der Waals surface area contributed by atoms with Crippen LogP contribution in [0, 0.1) is 0 Å². The Morgan fingerprint density at radius 1 is 0.714 bits per heavy atom. The van der Waals surface area contributed by atoms with Crippen LogP contribution in [0.4, 0.5) is 11.4 Å². The summed E-state index contributed by atoms with van der Waals surface area (Å²) in [5, 5.41) is 3.58. The van der Waals surface area contributed by atoms with Gasteiger partial charge in [-0.3, -0.25) is 0 Å². The predicted molar refractivity (Wildman–Crippen MR) is 96.5 cm³/mol. The number of benzene rings is 3. The molecular formula is C18H13BBrN. The second kappa shape index (κ2) is 4.78. The first-order valence-corrected chi connectivity index (χ1v) is 7.79. The molecule has 3 aromatic rings. The lowest BCUT2D eigenvalue weighted by Gasteiger charge is -2.10. The Kier molecular flexibility index (Phi) is 2.90. The van der Waals surface area contributed by atoms with E-state index in [0.717, 1.165) is 15.8 Å². The lowest BCUT2D eigenvalue weighted by molar-refractivity contribution is 1.56. The zero-order chi connectivity index (χ0) is 14.4. The average Bonchev–Trinajstić information content (AvgIpc) is 2.63. The average molecular weight is 334 g/mol. The molecule has 0 saturated heterocycles. The van der Waals surface area contributed by atoms with Gasteiger partial charge < -0.3 is 5.32 Å². The summed E-state index contributed by atoms with van der Waals surface area (Å²) in [5.74, 6) is 0. The van der Waals surface area contributed by atoms with E-state index >= 15 is 0 Å². The van der Waals surface area contributed by atoms with Crippen molar-refractivity contribution in [1.29, 1.82) is 0 Å². The van der Waals surface area contributed by atoms with Crippen LogP contribution >= 0.6 is 15.9 Å². The second-order valence-corrected chi connectivity index (χ2v) is 6.33. The van der Waals surface area contributed by atoms with Crippen molar-refractivity contribution in [3.05, 3.63) is 65.1 Å². The largest absolute Gasteiger partial charge is 0.355 e. The summed E-state index contributed by atoms with van der Waals surface area (Å²) < 4.78 is 1.10. The van der Waals surface area contributed by atoms with Crippen LogP contribution in [0.5, 0.6) is 0 Å². The number of hydrogen-bond donors (Lipinski definition) is 1. The van der Waals surface area contributed by atoms with Crippen molar-refractivity contribution in [2.24, 2.45) is 0 Å². The Morgan fingerprint density at radius 3 is 2.05 bits per heavy atom. The molecule has 21 heavy (non-hydrogen) atoms. The topological polar surface area (TPSA) is 12.0 Å². The summed E-state index contributed by atoms with van der Waals surface area (Å²) in [6, 6.07) is 21.6. The Morgan fingerprint density at radius 2 is 1.33 bits per heavy atom. The van der Waals surface area contributed by atoms with Crippen LogP contribution in [0.15, 0.2) is 65.1 Å². The maximum absolute atomic E-state index is 3.59. The van der Waals surface area contributed by atoms with Crippen LogP contribution < -0.4 is 10.8 Å². The van der Waals surface area contributed by atoms with Crippen molar-refractivity contribution in [2.75, 3.05) is 5.32 Å². The highest BCUT2D eigenvalue weighted by Gasteiger charge is 2.18. The molecule has 0 saturated carbocycles. The number of halogens is 1. The number of fused-ring (bicyclic) bond motifs is 5. The van der Waals surface area contributed by atoms with E-state index in [4.69, 9.17) is 0 Å². The van der Waals surface area contributed by atoms with E-state index in [1.807, 2.05) is 0 Å². The quantitative estimate of drug-likeness (QED) is 0.478. The minimum absolute atomic E-state index is 1.10. The molecule has 0 aliphatic carbocycles. The number of hydrogen-bond acceptors (Lipinski definition) is 1. The van der Waals surface area contributed by atoms with Gasteiger partial charge in [0.25, 0.3) is 0 Å². The van der Waals surface area contributed by atoms with Gasteiger partial charge in [-0.1, -0.05) is 57.8 Å². The monoisotopic (exact) mass is 333 g/mol. The van der Waals surface area contributed by atoms with E-state index in [2.05, 4.69) is 89.8 Å². The predicted octanol–water partition coefficient (Wildman–Crippen LogP) is 4.10. The molecule has 1 nitrogen and oxygen atoms in total. The summed E-state index contributed by atoms with van der Waals surface area (Å²) in [5.41, 5.74) is 8.62. The van der Waals surface area contributed by atoms with Gasteiger partial charge in [0.1, 0.15) is 7.85 Å². The molecule has 0 bridgehead atoms. The van der Waals surface area contributed by atoms with Crippen LogP contribution in [-0.4, -0.2) is 7.85 Å². The molecule has 3 heteroatoms. The number of rotatable bonds is 0. The third kappa shape index (κ3) is 2.09. The number of anilines is 2. The van der Waals surface area contributed by atoms with Crippen LogP contribution in [-0.2, 0) is 0 Å². The molecule has 1 aliphatic rings. The molecule has 0 amide bonds. The molecule has 0 fully saturated rings. The highest BCUT2D eigenvalue weighted by Crippen LogP contribution is 2.44. The molecule has 0 unspecified atom stereocenters. The normalized spacial score (nSPS) is 11.7. The Hall–Kier alpha value is -2.00. The molecule has 100 valence electrons. The Bertz CT molecular complexity index is 787. The summed E-state index contributed by atoms with van der Waals surface area (Å²) in [7, 11) is 2.14. The van der Waals surface area contributed by atoms with E-state index in [0.29, 0.717) is 0 Å². The Balaban J connectivity index is 2.11. The van der Waals surface area contributed by atoms with E-state index in [1.165, 1.54) is 27.7 Å². The molecule has 0 radical (unpaired) electrons. The van der Waals surface area contributed by atoms with E-state index < -0.39 is 0 Å². The first kappa shape index (κ1) is 12.7. The van der Waals surface area contributed by atoms with Gasteiger partial charge in [-0.25, -0.2) is 0 Å². The van der Waals surface area contributed by atoms with Crippen molar-refractivity contribution in [1.82, 2.24) is 0 Å². The SMILES string of the molecule is Bc1ccc2c(c1)-c1ccccc1-c1cc(Br)ccc1N2. The third-order valence-corrected chi connectivity index (χ3v) is 4.43. The molecule has 0 spiro atoms. The van der Waals surface area contributed by atoms with Crippen molar-refractivity contribution in [3.8, 4) is 22.3 Å². The van der Waals surface area contributed by atoms with Gasteiger partial charge in [-0.15, -0.1) is 0 Å². The third-order valence-electron chi connectivity index (χ3n) is 3.93. The molecule has 1 N–H and O–H groups in total. The summed E-state index contributed by atoms with van der Waals surface area (Å²) in [6.45, 7) is 0. The molecule has 0 aromatic heterocycles. The zero-order valence-electron chi connectivity index (χ0n) is 11.7. The van der Waals surface area contributed by atoms with Gasteiger partial charge in [0.15, 0.2) is 0 Å². The highest BCUT2D eigenvalue weighted by molar-refractivity contribution is 9.10. The maximum Gasteiger partial charge on any atom is 0.139 e. The second-order valence-electron chi connectivity index (χ2n) is 5.41. The van der Waals surface area contributed by atoms with Crippen molar-refractivity contribution >= 4 is 40.6 Å². The standard InChI is InChI=1S/C18H13BBrN/c19-11-5-7-17-15(9-11)13-3-1-2-4-14(13)16-10-12(20)6-8-18(16)21-17/h1-10,21H,19H2. The lowest BCUT2D eigenvalue weighted by atomic mass is 9.89. The summed E-state index contributed by atoms with van der Waals surface area (Å²) >= 11 is 3.59. The molecule has 0 atom stereocenters. The minimum atomic E-state index is 1.10. The molecule has 3 aromatic carbocycles. The molecular weight excluding hydrogens is 321 g/mol. The summed E-state index contributed by atoms with van der Waals surface area (Å²) in [6.07, 6.45) is 0. The van der Waals surface area contributed by atoms with Crippen LogP contribution in [0.2, 0.25) is 0 Å². The van der Waals surface area contributed by atoms with Gasteiger partial charge in [-0.05, 0) is 35.4 Å². The van der Waals surface area contributed by atoms with Crippen LogP contribution in [0.3, 0.4) is 0 Å². The van der Waals surface area contributed by atoms with Crippen LogP contribution in [0.1, 0.15) is 0 Å². The van der Waals surface area contributed by atoms with Gasteiger partial charge in [0, 0.05) is 27.0 Å². The van der Waals surface area contributed by atoms with Crippen LogP contribution in [0.25, 0.3) is 22.3 Å². The van der Waals surface area contributed by atoms with Gasteiger partial charge in [-0.2, -0.15) is 0 Å². The fourth-order valence-corrected chi connectivity index (χ4v) is 3.30. The smallest absolute Gasteiger partial charge is 0.139 e. The molecule has 1 heterocycles. The van der Waals surface area contributed by atoms with Gasteiger partial charge in [0.05, 0.1) is 0 Å². The Labute approximate surface area is 133 Å². The van der Waals surface area contributed by atoms with Gasteiger partial charge in [0.2, 0.25) is 0 Å².